The summed E-state index contributed by atoms with van der Waals surface area (Å²) in [5.41, 5.74) is 0.747. The quantitative estimate of drug-likeness (QED) is 0.893. The van der Waals surface area contributed by atoms with E-state index in [-0.39, 0.29) is 5.91 Å². The molecule has 1 aromatic rings. The smallest absolute Gasteiger partial charge is 0.268 e. The third-order valence-electron chi connectivity index (χ3n) is 3.98. The minimum Gasteiger partial charge on any atom is -0.349 e. The van der Waals surface area contributed by atoms with Gasteiger partial charge in [0, 0.05) is 29.8 Å². The average molecular weight is 342 g/mol. The van der Waals surface area contributed by atoms with Crippen molar-refractivity contribution in [1.82, 2.24) is 14.8 Å². The lowest BCUT2D eigenvalue weighted by Gasteiger charge is -2.32. The Morgan fingerprint density at radius 2 is 2.30 bits per heavy atom. The van der Waals surface area contributed by atoms with E-state index in [2.05, 4.69) is 40.1 Å². The molecule has 2 heterocycles. The van der Waals surface area contributed by atoms with Crippen LogP contribution in [0.3, 0.4) is 0 Å². The van der Waals surface area contributed by atoms with E-state index < -0.39 is 0 Å². The summed E-state index contributed by atoms with van der Waals surface area (Å²) in [5.74, 6) is 0.0307. The normalized spacial score (nSPS) is 20.1. The van der Waals surface area contributed by atoms with Crippen LogP contribution in [0.5, 0.6) is 0 Å². The summed E-state index contributed by atoms with van der Waals surface area (Å²) in [6, 6.07) is 2.38. The van der Waals surface area contributed by atoms with Gasteiger partial charge in [0.05, 0.1) is 0 Å². The number of aromatic nitrogens is 1. The van der Waals surface area contributed by atoms with E-state index in [0.29, 0.717) is 6.04 Å². The maximum atomic E-state index is 12.3. The number of rotatable bonds is 5. The Labute approximate surface area is 129 Å². The summed E-state index contributed by atoms with van der Waals surface area (Å²) in [4.78, 5) is 14.7. The summed E-state index contributed by atoms with van der Waals surface area (Å²) in [7, 11) is 2.15. The number of halogens is 1. The van der Waals surface area contributed by atoms with Crippen molar-refractivity contribution in [1.29, 1.82) is 0 Å². The highest BCUT2D eigenvalue weighted by molar-refractivity contribution is 9.10. The zero-order chi connectivity index (χ0) is 14.5. The van der Waals surface area contributed by atoms with Crippen molar-refractivity contribution in [2.24, 2.45) is 0 Å². The SMILES string of the molecule is CCCn1cc(Br)cc1C(=O)NCC1CCCCN1C. The lowest BCUT2D eigenvalue weighted by atomic mass is 10.0. The zero-order valence-corrected chi connectivity index (χ0v) is 13.9. The monoisotopic (exact) mass is 341 g/mol. The van der Waals surface area contributed by atoms with E-state index in [4.69, 9.17) is 0 Å². The number of piperidine rings is 1. The first-order valence-corrected chi connectivity index (χ1v) is 8.25. The molecule has 5 heteroatoms. The molecule has 0 aliphatic carbocycles. The molecule has 1 aliphatic heterocycles. The highest BCUT2D eigenvalue weighted by atomic mass is 79.9. The number of aryl methyl sites for hydroxylation is 1. The summed E-state index contributed by atoms with van der Waals surface area (Å²) >= 11 is 3.45. The maximum Gasteiger partial charge on any atom is 0.268 e. The standard InChI is InChI=1S/C15H24BrN3O/c1-3-7-19-11-12(16)9-14(19)15(20)17-10-13-6-4-5-8-18(13)2/h9,11,13H,3-8,10H2,1-2H3,(H,17,20). The van der Waals surface area contributed by atoms with E-state index in [1.54, 1.807) is 0 Å². The Bertz CT molecular complexity index is 458. The van der Waals surface area contributed by atoms with Crippen molar-refractivity contribution in [3.63, 3.8) is 0 Å². The minimum atomic E-state index is 0.0307. The number of nitrogens with one attached hydrogen (secondary N) is 1. The fourth-order valence-electron chi connectivity index (χ4n) is 2.79. The fraction of sp³-hybridized carbons (Fsp3) is 0.667. The summed E-state index contributed by atoms with van der Waals surface area (Å²) in [6.07, 6.45) is 6.71. The first-order chi connectivity index (χ1) is 9.61. The van der Waals surface area contributed by atoms with Gasteiger partial charge in [0.1, 0.15) is 5.69 Å². The molecule has 1 atom stereocenters. The molecule has 1 amide bonds. The molecule has 1 aliphatic rings. The summed E-state index contributed by atoms with van der Waals surface area (Å²) < 4.78 is 2.98. The van der Waals surface area contributed by atoms with Crippen LogP contribution in [0.2, 0.25) is 0 Å². The highest BCUT2D eigenvalue weighted by Crippen LogP contribution is 2.17. The van der Waals surface area contributed by atoms with Gasteiger partial charge in [-0.1, -0.05) is 13.3 Å². The molecule has 1 fully saturated rings. The number of amides is 1. The van der Waals surface area contributed by atoms with Crippen LogP contribution in [-0.4, -0.2) is 41.6 Å². The molecule has 0 radical (unpaired) electrons. The first-order valence-electron chi connectivity index (χ1n) is 7.46. The number of likely N-dealkylation sites (N-methyl/N-ethyl adjacent to an activating group) is 1. The summed E-state index contributed by atoms with van der Waals surface area (Å²) in [6.45, 7) is 4.87. The van der Waals surface area contributed by atoms with Crippen LogP contribution in [0.25, 0.3) is 0 Å². The first kappa shape index (κ1) is 15.6. The Morgan fingerprint density at radius 1 is 1.50 bits per heavy atom. The van der Waals surface area contributed by atoms with Crippen molar-refractivity contribution < 1.29 is 4.79 Å². The lowest BCUT2D eigenvalue weighted by molar-refractivity contribution is 0.0919. The van der Waals surface area contributed by atoms with Gasteiger partial charge >= 0.3 is 0 Å². The second-order valence-electron chi connectivity index (χ2n) is 5.58. The van der Waals surface area contributed by atoms with Crippen molar-refractivity contribution in [3.05, 3.63) is 22.4 Å². The molecule has 112 valence electrons. The van der Waals surface area contributed by atoms with E-state index in [1.807, 2.05) is 16.8 Å². The van der Waals surface area contributed by atoms with Crippen LogP contribution in [0.15, 0.2) is 16.7 Å². The Kier molecular flexibility index (Phi) is 5.66. The molecule has 4 nitrogen and oxygen atoms in total. The van der Waals surface area contributed by atoms with Crippen LogP contribution in [0, 0.1) is 0 Å². The van der Waals surface area contributed by atoms with Crippen molar-refractivity contribution in [2.75, 3.05) is 20.1 Å². The lowest BCUT2D eigenvalue weighted by Crippen LogP contribution is -2.44. The molecule has 0 spiro atoms. The molecule has 1 saturated heterocycles. The van der Waals surface area contributed by atoms with Gasteiger partial charge in [-0.15, -0.1) is 0 Å². The third-order valence-corrected chi connectivity index (χ3v) is 4.41. The van der Waals surface area contributed by atoms with Crippen LogP contribution >= 0.6 is 15.9 Å². The van der Waals surface area contributed by atoms with Gasteiger partial charge in [-0.2, -0.15) is 0 Å². The second kappa shape index (κ2) is 7.27. The number of carbonyl (C=O) groups is 1. The predicted molar refractivity (Wildman–Crippen MR) is 85.0 cm³/mol. The van der Waals surface area contributed by atoms with Gasteiger partial charge in [0.2, 0.25) is 0 Å². The molecule has 20 heavy (non-hydrogen) atoms. The number of hydrogen-bond acceptors (Lipinski definition) is 2. The molecule has 0 saturated carbocycles. The predicted octanol–water partition coefficient (Wildman–Crippen LogP) is 2.87. The van der Waals surface area contributed by atoms with Crippen molar-refractivity contribution in [3.8, 4) is 0 Å². The topological polar surface area (TPSA) is 37.3 Å². The number of hydrogen-bond donors (Lipinski definition) is 1. The van der Waals surface area contributed by atoms with Crippen molar-refractivity contribution in [2.45, 2.75) is 45.2 Å². The molecule has 1 N–H and O–H groups in total. The fourth-order valence-corrected chi connectivity index (χ4v) is 3.26. The van der Waals surface area contributed by atoms with E-state index in [9.17, 15) is 4.79 Å². The Morgan fingerprint density at radius 3 is 3.00 bits per heavy atom. The molecule has 2 rings (SSSR count). The average Bonchev–Trinajstić information content (AvgIpc) is 2.79. The molecule has 0 aromatic carbocycles. The van der Waals surface area contributed by atoms with Crippen LogP contribution < -0.4 is 5.32 Å². The van der Waals surface area contributed by atoms with E-state index >= 15 is 0 Å². The minimum absolute atomic E-state index is 0.0307. The Balaban J connectivity index is 1.94. The van der Waals surface area contributed by atoms with E-state index in [1.165, 1.54) is 19.3 Å². The summed E-state index contributed by atoms with van der Waals surface area (Å²) in [5, 5.41) is 3.09. The number of carbonyl (C=O) groups excluding carboxylic acids is 1. The van der Waals surface area contributed by atoms with Crippen molar-refractivity contribution >= 4 is 21.8 Å². The van der Waals surface area contributed by atoms with Gasteiger partial charge < -0.3 is 14.8 Å². The maximum absolute atomic E-state index is 12.3. The van der Waals surface area contributed by atoms with Gasteiger partial charge in [-0.05, 0) is 54.9 Å². The third kappa shape index (κ3) is 3.85. The van der Waals surface area contributed by atoms with Gasteiger partial charge in [-0.25, -0.2) is 0 Å². The zero-order valence-electron chi connectivity index (χ0n) is 12.4. The Hall–Kier alpha value is -0.810. The largest absolute Gasteiger partial charge is 0.349 e. The number of nitrogens with zero attached hydrogens (tertiary/aromatic N) is 2. The molecular formula is C15H24BrN3O. The van der Waals surface area contributed by atoms with Gasteiger partial charge in [-0.3, -0.25) is 4.79 Å². The van der Waals surface area contributed by atoms with Gasteiger partial charge in [0.15, 0.2) is 0 Å². The highest BCUT2D eigenvalue weighted by Gasteiger charge is 2.20. The molecular weight excluding hydrogens is 318 g/mol. The van der Waals surface area contributed by atoms with Crippen LogP contribution in [0.4, 0.5) is 0 Å². The molecule has 0 bridgehead atoms. The van der Waals surface area contributed by atoms with Crippen LogP contribution in [0.1, 0.15) is 43.1 Å². The van der Waals surface area contributed by atoms with Gasteiger partial charge in [0.25, 0.3) is 5.91 Å². The second-order valence-corrected chi connectivity index (χ2v) is 6.49. The van der Waals surface area contributed by atoms with E-state index in [0.717, 1.165) is 36.2 Å². The van der Waals surface area contributed by atoms with Crippen LogP contribution in [-0.2, 0) is 6.54 Å². The molecule has 1 unspecified atom stereocenters. The molecule has 1 aromatic heterocycles. The number of likely N-dealkylation sites (tertiary alicyclic amines) is 1.